The van der Waals surface area contributed by atoms with Crippen LogP contribution < -0.4 is 15.4 Å². The molecule has 5 heteroatoms. The Morgan fingerprint density at radius 3 is 2.95 bits per heavy atom. The molecule has 1 aromatic carbocycles. The van der Waals surface area contributed by atoms with Crippen LogP contribution in [0, 0.1) is 0 Å². The van der Waals surface area contributed by atoms with E-state index in [1.807, 2.05) is 24.3 Å². The molecule has 0 unspecified atom stereocenters. The highest BCUT2D eigenvalue weighted by atomic mass is 32.1. The predicted molar refractivity (Wildman–Crippen MR) is 80.8 cm³/mol. The van der Waals surface area contributed by atoms with Crippen LogP contribution in [0.4, 0.5) is 5.69 Å². The topological polar surface area (TPSA) is 42.5 Å². The van der Waals surface area contributed by atoms with E-state index in [1.165, 1.54) is 0 Å². The Kier molecular flexibility index (Phi) is 4.99. The summed E-state index contributed by atoms with van der Waals surface area (Å²) < 4.78 is 10.9. The quantitative estimate of drug-likeness (QED) is 0.830. The van der Waals surface area contributed by atoms with E-state index in [0.29, 0.717) is 5.11 Å². The molecule has 0 aliphatic carbocycles. The van der Waals surface area contributed by atoms with E-state index in [1.54, 1.807) is 7.11 Å². The maximum atomic E-state index is 5.64. The van der Waals surface area contributed by atoms with E-state index in [9.17, 15) is 0 Å². The van der Waals surface area contributed by atoms with Crippen LogP contribution in [0.3, 0.4) is 0 Å². The van der Waals surface area contributed by atoms with Crippen molar-refractivity contribution in [1.29, 1.82) is 0 Å². The lowest BCUT2D eigenvalue weighted by atomic mass is 10.1. The fraction of sp³-hybridized carbons (Fsp3) is 0.500. The van der Waals surface area contributed by atoms with Gasteiger partial charge in [-0.15, -0.1) is 0 Å². The maximum Gasteiger partial charge on any atom is 0.171 e. The first-order chi connectivity index (χ1) is 9.20. The number of ether oxygens (including phenoxy) is 2. The van der Waals surface area contributed by atoms with Gasteiger partial charge in [-0.1, -0.05) is 12.1 Å². The normalized spacial score (nSPS) is 19.8. The molecule has 0 spiro atoms. The molecule has 1 aromatic rings. The van der Waals surface area contributed by atoms with E-state index < -0.39 is 0 Å². The Morgan fingerprint density at radius 1 is 1.47 bits per heavy atom. The first kappa shape index (κ1) is 14.1. The third-order valence-electron chi connectivity index (χ3n) is 3.24. The van der Waals surface area contributed by atoms with Crippen molar-refractivity contribution in [1.82, 2.24) is 5.32 Å². The van der Waals surface area contributed by atoms with Crippen LogP contribution in [0.1, 0.15) is 19.8 Å². The summed E-state index contributed by atoms with van der Waals surface area (Å²) in [5.74, 6) is 0.774. The third-order valence-corrected chi connectivity index (χ3v) is 3.46. The molecule has 0 amide bonds. The Balaban J connectivity index is 1.89. The van der Waals surface area contributed by atoms with Gasteiger partial charge in [-0.3, -0.25) is 0 Å². The van der Waals surface area contributed by atoms with Gasteiger partial charge < -0.3 is 20.1 Å². The maximum absolute atomic E-state index is 5.64. The highest BCUT2D eigenvalue weighted by Gasteiger charge is 2.22. The molecule has 1 saturated heterocycles. The molecule has 4 nitrogen and oxygen atoms in total. The van der Waals surface area contributed by atoms with Gasteiger partial charge >= 0.3 is 0 Å². The first-order valence-corrected chi connectivity index (χ1v) is 6.93. The van der Waals surface area contributed by atoms with E-state index in [2.05, 4.69) is 17.6 Å². The summed E-state index contributed by atoms with van der Waals surface area (Å²) in [5.41, 5.74) is 0.863. The Bertz CT molecular complexity index is 433. The monoisotopic (exact) mass is 280 g/mol. The Morgan fingerprint density at radius 2 is 2.26 bits per heavy atom. The molecule has 2 N–H and O–H groups in total. The number of thiocarbonyl (C=S) groups is 1. The average molecular weight is 280 g/mol. The molecule has 2 rings (SSSR count). The van der Waals surface area contributed by atoms with Crippen LogP contribution in [0.2, 0.25) is 0 Å². The average Bonchev–Trinajstić information content (AvgIpc) is 2.93. The number of benzene rings is 1. The summed E-state index contributed by atoms with van der Waals surface area (Å²) in [6.07, 6.45) is 2.46. The van der Waals surface area contributed by atoms with Crippen LogP contribution in [-0.2, 0) is 4.74 Å². The second kappa shape index (κ2) is 6.73. The fourth-order valence-electron chi connectivity index (χ4n) is 2.20. The van der Waals surface area contributed by atoms with E-state index >= 15 is 0 Å². The van der Waals surface area contributed by atoms with Crippen molar-refractivity contribution in [3.8, 4) is 5.75 Å². The lowest BCUT2D eigenvalue weighted by molar-refractivity contribution is 0.0895. The molecular formula is C14H20N2O2S. The predicted octanol–water partition coefficient (Wildman–Crippen LogP) is 2.55. The van der Waals surface area contributed by atoms with Crippen LogP contribution in [0.5, 0.6) is 5.75 Å². The van der Waals surface area contributed by atoms with Crippen molar-refractivity contribution in [2.24, 2.45) is 0 Å². The van der Waals surface area contributed by atoms with Crippen molar-refractivity contribution in [2.45, 2.75) is 31.9 Å². The number of para-hydroxylation sites is 2. The zero-order chi connectivity index (χ0) is 13.7. The van der Waals surface area contributed by atoms with Crippen molar-refractivity contribution >= 4 is 23.0 Å². The van der Waals surface area contributed by atoms with Crippen molar-refractivity contribution in [3.05, 3.63) is 24.3 Å². The second-order valence-corrected chi connectivity index (χ2v) is 5.05. The van der Waals surface area contributed by atoms with E-state index in [0.717, 1.165) is 30.9 Å². The molecule has 1 aliphatic heterocycles. The number of nitrogens with one attached hydrogen (secondary N) is 2. The number of anilines is 1. The Labute approximate surface area is 119 Å². The molecule has 2 atom stereocenters. The largest absolute Gasteiger partial charge is 0.495 e. The minimum absolute atomic E-state index is 0.206. The molecule has 1 aliphatic rings. The van der Waals surface area contributed by atoms with Crippen LogP contribution >= 0.6 is 12.2 Å². The second-order valence-electron chi connectivity index (χ2n) is 4.64. The summed E-state index contributed by atoms with van der Waals surface area (Å²) in [5, 5.41) is 7.01. The summed E-state index contributed by atoms with van der Waals surface area (Å²) in [6, 6.07) is 7.90. The van der Waals surface area contributed by atoms with Gasteiger partial charge in [0, 0.05) is 6.61 Å². The molecule has 0 aromatic heterocycles. The molecule has 1 heterocycles. The molecule has 0 saturated carbocycles. The third kappa shape index (κ3) is 3.81. The van der Waals surface area contributed by atoms with Crippen molar-refractivity contribution < 1.29 is 9.47 Å². The van der Waals surface area contributed by atoms with E-state index in [4.69, 9.17) is 21.7 Å². The minimum atomic E-state index is 0.206. The lowest BCUT2D eigenvalue weighted by Crippen LogP contribution is -2.42. The number of rotatable bonds is 4. The molecule has 19 heavy (non-hydrogen) atoms. The molecule has 0 radical (unpaired) electrons. The zero-order valence-electron chi connectivity index (χ0n) is 11.3. The van der Waals surface area contributed by atoms with Crippen LogP contribution in [0.25, 0.3) is 0 Å². The van der Waals surface area contributed by atoms with Crippen LogP contribution in [-0.4, -0.2) is 31.0 Å². The van der Waals surface area contributed by atoms with Gasteiger partial charge in [0.2, 0.25) is 0 Å². The smallest absolute Gasteiger partial charge is 0.171 e. The van der Waals surface area contributed by atoms with E-state index in [-0.39, 0.29) is 12.1 Å². The summed E-state index contributed by atoms with van der Waals surface area (Å²) in [6.45, 7) is 2.94. The molecule has 1 fully saturated rings. The van der Waals surface area contributed by atoms with Crippen molar-refractivity contribution in [2.75, 3.05) is 19.0 Å². The number of hydrogen-bond donors (Lipinski definition) is 2. The standard InChI is InChI=1S/C14H20N2O2S/c1-10(12-8-5-9-18-12)15-14(19)16-11-6-3-4-7-13(11)17-2/h3-4,6-7,10,12H,5,8-9H2,1-2H3,(H2,15,16,19)/t10-,12+/m1/s1. The van der Waals surface area contributed by atoms with Gasteiger partial charge in [0.15, 0.2) is 5.11 Å². The van der Waals surface area contributed by atoms with Gasteiger partial charge in [-0.05, 0) is 44.1 Å². The van der Waals surface area contributed by atoms with Gasteiger partial charge in [-0.2, -0.15) is 0 Å². The minimum Gasteiger partial charge on any atom is -0.495 e. The highest BCUT2D eigenvalue weighted by Crippen LogP contribution is 2.23. The number of methoxy groups -OCH3 is 1. The van der Waals surface area contributed by atoms with Gasteiger partial charge in [0.25, 0.3) is 0 Å². The lowest BCUT2D eigenvalue weighted by Gasteiger charge is -2.22. The van der Waals surface area contributed by atoms with Crippen molar-refractivity contribution in [3.63, 3.8) is 0 Å². The number of hydrogen-bond acceptors (Lipinski definition) is 3. The summed E-state index contributed by atoms with van der Waals surface area (Å²) >= 11 is 5.32. The van der Waals surface area contributed by atoms with Crippen LogP contribution in [0.15, 0.2) is 24.3 Å². The zero-order valence-corrected chi connectivity index (χ0v) is 12.1. The van der Waals surface area contributed by atoms with Gasteiger partial charge in [0.1, 0.15) is 5.75 Å². The molecule has 0 bridgehead atoms. The van der Waals surface area contributed by atoms with Gasteiger partial charge in [0.05, 0.1) is 24.9 Å². The highest BCUT2D eigenvalue weighted by molar-refractivity contribution is 7.80. The fourth-order valence-corrected chi connectivity index (χ4v) is 2.50. The molecule has 104 valence electrons. The SMILES string of the molecule is COc1ccccc1NC(=S)N[C@H](C)[C@@H]1CCCO1. The first-order valence-electron chi connectivity index (χ1n) is 6.53. The Hall–Kier alpha value is -1.33. The molecular weight excluding hydrogens is 260 g/mol. The van der Waals surface area contributed by atoms with Gasteiger partial charge in [-0.25, -0.2) is 0 Å². The summed E-state index contributed by atoms with van der Waals surface area (Å²) in [4.78, 5) is 0. The summed E-state index contributed by atoms with van der Waals surface area (Å²) in [7, 11) is 1.64.